The zero-order chi connectivity index (χ0) is 22.0. The number of para-hydroxylation sites is 2. The molecule has 0 aliphatic carbocycles. The number of fused-ring (bicyclic) bond motifs is 2. The molecule has 0 N–H and O–H groups in total. The number of hydrogen-bond donors (Lipinski definition) is 0. The third kappa shape index (κ3) is 4.37. The lowest BCUT2D eigenvalue weighted by Gasteiger charge is -2.24. The van der Waals surface area contributed by atoms with Crippen LogP contribution < -0.4 is 4.90 Å². The van der Waals surface area contributed by atoms with Gasteiger partial charge in [-0.25, -0.2) is 17.7 Å². The number of thioether (sulfide) groups is 1. The summed E-state index contributed by atoms with van der Waals surface area (Å²) in [5.41, 5.74) is 4.12. The number of hydrogen-bond acceptors (Lipinski definition) is 5. The molecule has 4 rings (SSSR count). The second-order valence-corrected chi connectivity index (χ2v) is 10.5. The number of rotatable bonds is 5. The maximum absolute atomic E-state index is 13.3. The molecule has 8 heteroatoms. The van der Waals surface area contributed by atoms with Crippen molar-refractivity contribution in [2.24, 2.45) is 0 Å². The third-order valence-electron chi connectivity index (χ3n) is 5.21. The predicted octanol–water partition coefficient (Wildman–Crippen LogP) is 3.89. The summed E-state index contributed by atoms with van der Waals surface area (Å²) in [7, 11) is -0.567. The van der Waals surface area contributed by atoms with E-state index in [-0.39, 0.29) is 16.6 Å². The van der Waals surface area contributed by atoms with Crippen molar-refractivity contribution in [2.75, 3.05) is 24.7 Å². The molecular formula is C23H23N3O3S2. The van der Waals surface area contributed by atoms with Crippen molar-refractivity contribution in [3.05, 3.63) is 78.0 Å². The number of nitrogens with zero attached hydrogens (tertiary/aromatic N) is 3. The second kappa shape index (κ2) is 8.82. The summed E-state index contributed by atoms with van der Waals surface area (Å²) in [5, 5.41) is 0.599. The lowest BCUT2D eigenvalue weighted by molar-refractivity contribution is -0.115. The molecule has 1 amide bonds. The molecule has 1 aliphatic heterocycles. The number of aromatic nitrogens is 1. The number of pyridine rings is 1. The topological polar surface area (TPSA) is 70.6 Å². The van der Waals surface area contributed by atoms with Gasteiger partial charge in [-0.1, -0.05) is 48.2 Å². The molecule has 1 aliphatic rings. The van der Waals surface area contributed by atoms with Gasteiger partial charge in [0.1, 0.15) is 4.90 Å². The van der Waals surface area contributed by atoms with Crippen LogP contribution in [0.15, 0.2) is 76.8 Å². The summed E-state index contributed by atoms with van der Waals surface area (Å²) in [6.07, 6.45) is 3.10. The van der Waals surface area contributed by atoms with Crippen LogP contribution in [0.25, 0.3) is 0 Å². The van der Waals surface area contributed by atoms with E-state index in [0.29, 0.717) is 5.03 Å². The van der Waals surface area contributed by atoms with Crippen molar-refractivity contribution >= 4 is 39.1 Å². The molecule has 3 aromatic rings. The largest absolute Gasteiger partial charge is 0.280 e. The average Bonchev–Trinajstić information content (AvgIpc) is 2.94. The van der Waals surface area contributed by atoms with Gasteiger partial charge in [0, 0.05) is 20.3 Å². The van der Waals surface area contributed by atoms with Crippen molar-refractivity contribution < 1.29 is 13.2 Å². The Kier molecular flexibility index (Phi) is 6.13. The van der Waals surface area contributed by atoms with E-state index in [0.717, 1.165) is 39.6 Å². The number of carbonyl (C=O) groups is 1. The number of sulfonamides is 1. The Morgan fingerprint density at radius 3 is 2.06 bits per heavy atom. The standard InChI is InChI=1S/C23H23N3O3S2/c1-25(2)31(28,29)19-13-14-22(24-15-19)30-16-23(27)26-20-9-5-3-7-17(20)11-12-18-8-4-6-10-21(18)26/h3-10,13-15H,11-12,16H2,1-2H3. The van der Waals surface area contributed by atoms with Gasteiger partial charge in [0.05, 0.1) is 22.2 Å². The van der Waals surface area contributed by atoms with Crippen molar-refractivity contribution in [2.45, 2.75) is 22.8 Å². The number of benzene rings is 2. The summed E-state index contributed by atoms with van der Waals surface area (Å²) in [6.45, 7) is 0. The first-order chi connectivity index (χ1) is 14.9. The minimum absolute atomic E-state index is 0.0430. The van der Waals surface area contributed by atoms with E-state index >= 15 is 0 Å². The van der Waals surface area contributed by atoms with Crippen LogP contribution in [0.2, 0.25) is 0 Å². The van der Waals surface area contributed by atoms with Crippen LogP contribution in [0, 0.1) is 0 Å². The summed E-state index contributed by atoms with van der Waals surface area (Å²) in [4.78, 5) is 19.5. The lowest BCUT2D eigenvalue weighted by Crippen LogP contribution is -2.28. The Bertz CT molecular complexity index is 1160. The van der Waals surface area contributed by atoms with Crippen LogP contribution in [-0.2, 0) is 27.7 Å². The monoisotopic (exact) mass is 453 g/mol. The van der Waals surface area contributed by atoms with Crippen LogP contribution in [0.5, 0.6) is 0 Å². The van der Waals surface area contributed by atoms with Gasteiger partial charge < -0.3 is 0 Å². The van der Waals surface area contributed by atoms with E-state index in [9.17, 15) is 13.2 Å². The Labute approximate surface area is 187 Å². The van der Waals surface area contributed by atoms with Crippen LogP contribution >= 0.6 is 11.8 Å². The molecule has 31 heavy (non-hydrogen) atoms. The maximum Gasteiger partial charge on any atom is 0.244 e. The van der Waals surface area contributed by atoms with Gasteiger partial charge >= 0.3 is 0 Å². The minimum Gasteiger partial charge on any atom is -0.280 e. The van der Waals surface area contributed by atoms with Crippen LogP contribution in [-0.4, -0.2) is 43.5 Å². The summed E-state index contributed by atoms with van der Waals surface area (Å²) in [5.74, 6) is 0.147. The van der Waals surface area contributed by atoms with E-state index in [4.69, 9.17) is 0 Å². The molecule has 0 radical (unpaired) electrons. The van der Waals surface area contributed by atoms with Gasteiger partial charge in [0.15, 0.2) is 0 Å². The fraction of sp³-hybridized carbons (Fsp3) is 0.217. The van der Waals surface area contributed by atoms with E-state index in [2.05, 4.69) is 17.1 Å². The van der Waals surface area contributed by atoms with Crippen LogP contribution in [0.4, 0.5) is 11.4 Å². The van der Waals surface area contributed by atoms with Crippen LogP contribution in [0.1, 0.15) is 11.1 Å². The third-order valence-corrected chi connectivity index (χ3v) is 7.94. The number of carbonyl (C=O) groups excluding carboxylic acids is 1. The van der Waals surface area contributed by atoms with Gasteiger partial charge in [0.2, 0.25) is 15.9 Å². The molecule has 2 aromatic carbocycles. The normalized spacial score (nSPS) is 13.5. The number of amides is 1. The van der Waals surface area contributed by atoms with Crippen molar-refractivity contribution in [1.82, 2.24) is 9.29 Å². The molecule has 160 valence electrons. The molecule has 6 nitrogen and oxygen atoms in total. The molecule has 0 bridgehead atoms. The van der Waals surface area contributed by atoms with Gasteiger partial charge in [-0.3, -0.25) is 9.69 Å². The van der Waals surface area contributed by atoms with E-state index < -0.39 is 10.0 Å². The highest BCUT2D eigenvalue weighted by Gasteiger charge is 2.25. The van der Waals surface area contributed by atoms with E-state index in [1.807, 2.05) is 36.4 Å². The Morgan fingerprint density at radius 2 is 1.55 bits per heavy atom. The summed E-state index contributed by atoms with van der Waals surface area (Å²) >= 11 is 1.30. The minimum atomic E-state index is -3.53. The molecule has 0 saturated heterocycles. The molecule has 0 fully saturated rings. The van der Waals surface area contributed by atoms with Crippen molar-refractivity contribution in [3.63, 3.8) is 0 Å². The fourth-order valence-electron chi connectivity index (χ4n) is 3.56. The van der Waals surface area contributed by atoms with Crippen molar-refractivity contribution in [1.29, 1.82) is 0 Å². The quantitative estimate of drug-likeness (QED) is 0.548. The first kappa shape index (κ1) is 21.5. The first-order valence-electron chi connectivity index (χ1n) is 9.88. The van der Waals surface area contributed by atoms with Gasteiger partial charge in [0.25, 0.3) is 0 Å². The Morgan fingerprint density at radius 1 is 0.968 bits per heavy atom. The molecule has 0 saturated carbocycles. The predicted molar refractivity (Wildman–Crippen MR) is 123 cm³/mol. The zero-order valence-corrected chi connectivity index (χ0v) is 19.0. The lowest BCUT2D eigenvalue weighted by atomic mass is 10.0. The molecule has 2 heterocycles. The maximum atomic E-state index is 13.3. The molecule has 1 aromatic heterocycles. The van der Waals surface area contributed by atoms with E-state index in [1.165, 1.54) is 38.1 Å². The number of aryl methyl sites for hydroxylation is 2. The fourth-order valence-corrected chi connectivity index (χ4v) is 5.10. The SMILES string of the molecule is CN(C)S(=O)(=O)c1ccc(SCC(=O)N2c3ccccc3CCc3ccccc32)nc1. The molecule has 0 unspecified atom stereocenters. The summed E-state index contributed by atoms with van der Waals surface area (Å²) < 4.78 is 25.5. The van der Waals surface area contributed by atoms with Crippen molar-refractivity contribution in [3.8, 4) is 0 Å². The average molecular weight is 454 g/mol. The first-order valence-corrected chi connectivity index (χ1v) is 12.3. The Balaban J connectivity index is 1.57. The Hall–Kier alpha value is -2.68. The summed E-state index contributed by atoms with van der Waals surface area (Å²) in [6, 6.07) is 19.2. The highest BCUT2D eigenvalue weighted by atomic mass is 32.2. The highest BCUT2D eigenvalue weighted by molar-refractivity contribution is 7.99. The molecular weight excluding hydrogens is 430 g/mol. The smallest absolute Gasteiger partial charge is 0.244 e. The highest BCUT2D eigenvalue weighted by Crippen LogP contribution is 2.36. The molecule has 0 spiro atoms. The van der Waals surface area contributed by atoms with E-state index in [1.54, 1.807) is 11.0 Å². The van der Waals surface area contributed by atoms with Gasteiger partial charge in [-0.2, -0.15) is 0 Å². The van der Waals surface area contributed by atoms with Gasteiger partial charge in [-0.05, 0) is 48.2 Å². The van der Waals surface area contributed by atoms with Crippen LogP contribution in [0.3, 0.4) is 0 Å². The second-order valence-electron chi connectivity index (χ2n) is 7.39. The number of anilines is 2. The zero-order valence-electron chi connectivity index (χ0n) is 17.4. The van der Waals surface area contributed by atoms with Gasteiger partial charge in [-0.15, -0.1) is 0 Å². The molecule has 0 atom stereocenters.